The van der Waals surface area contributed by atoms with Gasteiger partial charge in [-0.2, -0.15) is 0 Å². The molecule has 0 aliphatic heterocycles. The molecule has 0 saturated carbocycles. The van der Waals surface area contributed by atoms with Crippen molar-refractivity contribution in [3.05, 3.63) is 29.1 Å². The molecule has 1 aromatic rings. The molecule has 0 saturated heterocycles. The number of aromatic carboxylic acids is 1. The lowest BCUT2D eigenvalue weighted by atomic mass is 10.1. The quantitative estimate of drug-likeness (QED) is 0.814. The first kappa shape index (κ1) is 11.9. The fourth-order valence-electron chi connectivity index (χ4n) is 1.13. The van der Waals surface area contributed by atoms with Crippen LogP contribution in [0.4, 0.5) is 4.39 Å². The topological polar surface area (TPSA) is 71.4 Å². The van der Waals surface area contributed by atoms with Crippen LogP contribution in [0.15, 0.2) is 17.0 Å². The smallest absolute Gasteiger partial charge is 0.336 e. The van der Waals surface area contributed by atoms with Gasteiger partial charge in [0.2, 0.25) is 0 Å². The van der Waals surface area contributed by atoms with Crippen LogP contribution in [0.25, 0.3) is 0 Å². The van der Waals surface area contributed by atoms with Crippen molar-refractivity contribution in [2.45, 2.75) is 11.8 Å². The molecule has 0 aliphatic rings. The second-order valence-corrected chi connectivity index (χ2v) is 5.35. The normalized spacial score (nSPS) is 11.4. The molecule has 0 spiro atoms. The molecular weight excluding hydrogens is 247 g/mol. The van der Waals surface area contributed by atoms with Gasteiger partial charge in [0, 0.05) is 10.7 Å². The molecule has 15 heavy (non-hydrogen) atoms. The van der Waals surface area contributed by atoms with Crippen molar-refractivity contribution < 1.29 is 22.7 Å². The van der Waals surface area contributed by atoms with Crippen molar-refractivity contribution in [1.29, 1.82) is 0 Å². The molecule has 1 rings (SSSR count). The highest BCUT2D eigenvalue weighted by Gasteiger charge is 2.20. The van der Waals surface area contributed by atoms with Crippen molar-refractivity contribution in [2.75, 3.05) is 0 Å². The zero-order valence-corrected chi connectivity index (χ0v) is 9.06. The summed E-state index contributed by atoms with van der Waals surface area (Å²) in [7, 11) is 0.882. The fourth-order valence-corrected chi connectivity index (χ4v) is 2.34. The Hall–Kier alpha value is -1.14. The van der Waals surface area contributed by atoms with Gasteiger partial charge in [-0.1, -0.05) is 0 Å². The molecule has 4 nitrogen and oxygen atoms in total. The van der Waals surface area contributed by atoms with Gasteiger partial charge in [0.15, 0.2) is 0 Å². The molecule has 0 atom stereocenters. The Morgan fingerprint density at radius 3 is 2.40 bits per heavy atom. The molecule has 7 heteroatoms. The van der Waals surface area contributed by atoms with Gasteiger partial charge in [0.05, 0.1) is 10.5 Å². The standard InChI is InChI=1S/C8H6ClFO4S/c1-4-6(8(11)12)2-5(10)3-7(4)15(9,13)14/h2-3H,1H3,(H,11,12). The molecule has 1 aromatic carbocycles. The Bertz CT molecular complexity index is 524. The van der Waals surface area contributed by atoms with Crippen LogP contribution < -0.4 is 0 Å². The minimum absolute atomic E-state index is 0.0844. The van der Waals surface area contributed by atoms with Gasteiger partial charge < -0.3 is 5.11 Å². The lowest BCUT2D eigenvalue weighted by molar-refractivity contribution is 0.0695. The van der Waals surface area contributed by atoms with Gasteiger partial charge in [0.1, 0.15) is 5.82 Å². The summed E-state index contributed by atoms with van der Waals surface area (Å²) in [4.78, 5) is 10.1. The van der Waals surface area contributed by atoms with E-state index in [4.69, 9.17) is 15.8 Å². The maximum atomic E-state index is 12.9. The van der Waals surface area contributed by atoms with Crippen LogP contribution in [0.5, 0.6) is 0 Å². The summed E-state index contributed by atoms with van der Waals surface area (Å²) in [6, 6.07) is 1.42. The molecule has 0 radical (unpaired) electrons. The van der Waals surface area contributed by atoms with Crippen LogP contribution in [0.3, 0.4) is 0 Å². The first-order valence-corrected chi connectivity index (χ1v) is 6.02. The Balaban J connectivity index is 3.63. The first-order chi connectivity index (χ1) is 6.73. The fraction of sp³-hybridized carbons (Fsp3) is 0.125. The summed E-state index contributed by atoms with van der Waals surface area (Å²) < 4.78 is 34.9. The second kappa shape index (κ2) is 3.79. The van der Waals surface area contributed by atoms with Crippen LogP contribution in [0, 0.1) is 12.7 Å². The molecule has 0 aromatic heterocycles. The van der Waals surface area contributed by atoms with E-state index in [1.807, 2.05) is 0 Å². The summed E-state index contributed by atoms with van der Waals surface area (Å²) in [6.45, 7) is 1.25. The van der Waals surface area contributed by atoms with E-state index in [0.29, 0.717) is 6.07 Å². The number of hydrogen-bond acceptors (Lipinski definition) is 3. The second-order valence-electron chi connectivity index (χ2n) is 2.82. The lowest BCUT2D eigenvalue weighted by Gasteiger charge is -2.05. The number of halogens is 2. The number of rotatable bonds is 2. The average Bonchev–Trinajstić information content (AvgIpc) is 2.06. The van der Waals surface area contributed by atoms with Gasteiger partial charge in [0.25, 0.3) is 9.05 Å². The van der Waals surface area contributed by atoms with Gasteiger partial charge >= 0.3 is 5.97 Å². The number of benzene rings is 1. The molecule has 0 fully saturated rings. The summed E-state index contributed by atoms with van der Waals surface area (Å²) in [5.41, 5.74) is -0.506. The highest BCUT2D eigenvalue weighted by molar-refractivity contribution is 8.13. The zero-order valence-electron chi connectivity index (χ0n) is 7.49. The third kappa shape index (κ3) is 2.45. The minimum Gasteiger partial charge on any atom is -0.478 e. The molecule has 0 bridgehead atoms. The third-order valence-corrected chi connectivity index (χ3v) is 3.27. The third-order valence-electron chi connectivity index (χ3n) is 1.82. The summed E-state index contributed by atoms with van der Waals surface area (Å²) in [6.07, 6.45) is 0. The highest BCUT2D eigenvalue weighted by Crippen LogP contribution is 2.24. The number of carbonyl (C=O) groups is 1. The van der Waals surface area contributed by atoms with Crippen molar-refractivity contribution in [3.63, 3.8) is 0 Å². The molecular formula is C8H6ClFO4S. The van der Waals surface area contributed by atoms with Crippen LogP contribution >= 0.6 is 10.7 Å². The predicted molar refractivity (Wildman–Crippen MR) is 51.1 cm³/mol. The van der Waals surface area contributed by atoms with E-state index in [2.05, 4.69) is 0 Å². The lowest BCUT2D eigenvalue weighted by Crippen LogP contribution is -2.05. The Labute approximate surface area is 89.7 Å². The van der Waals surface area contributed by atoms with E-state index >= 15 is 0 Å². The average molecular weight is 253 g/mol. The summed E-state index contributed by atoms with van der Waals surface area (Å²) in [5, 5.41) is 8.68. The predicted octanol–water partition coefficient (Wildman–Crippen LogP) is 1.76. The van der Waals surface area contributed by atoms with Crippen molar-refractivity contribution >= 4 is 25.7 Å². The molecule has 82 valence electrons. The maximum absolute atomic E-state index is 12.9. The highest BCUT2D eigenvalue weighted by atomic mass is 35.7. The van der Waals surface area contributed by atoms with E-state index in [-0.39, 0.29) is 5.56 Å². The molecule has 0 unspecified atom stereocenters. The molecule has 1 N–H and O–H groups in total. The van der Waals surface area contributed by atoms with Crippen molar-refractivity contribution in [2.24, 2.45) is 0 Å². The van der Waals surface area contributed by atoms with Crippen molar-refractivity contribution in [1.82, 2.24) is 0 Å². The van der Waals surface area contributed by atoms with Crippen LogP contribution in [0.2, 0.25) is 0 Å². The summed E-state index contributed by atoms with van der Waals surface area (Å²) in [5.74, 6) is -2.37. The monoisotopic (exact) mass is 252 g/mol. The van der Waals surface area contributed by atoms with E-state index in [0.717, 1.165) is 6.07 Å². The van der Waals surface area contributed by atoms with E-state index < -0.39 is 31.3 Å². The van der Waals surface area contributed by atoms with E-state index in [9.17, 15) is 17.6 Å². The number of hydrogen-bond donors (Lipinski definition) is 1. The SMILES string of the molecule is Cc1c(C(=O)O)cc(F)cc1S(=O)(=O)Cl. The Kier molecular flexibility index (Phi) is 3.01. The summed E-state index contributed by atoms with van der Waals surface area (Å²) >= 11 is 0. The maximum Gasteiger partial charge on any atom is 0.336 e. The van der Waals surface area contributed by atoms with E-state index in [1.54, 1.807) is 0 Å². The largest absolute Gasteiger partial charge is 0.478 e. The molecule has 0 amide bonds. The van der Waals surface area contributed by atoms with Crippen LogP contribution in [-0.2, 0) is 9.05 Å². The van der Waals surface area contributed by atoms with Gasteiger partial charge in [-0.25, -0.2) is 17.6 Å². The van der Waals surface area contributed by atoms with Crippen molar-refractivity contribution in [3.8, 4) is 0 Å². The van der Waals surface area contributed by atoms with E-state index in [1.165, 1.54) is 6.92 Å². The molecule has 0 aliphatic carbocycles. The molecule has 0 heterocycles. The Morgan fingerprint density at radius 1 is 1.47 bits per heavy atom. The van der Waals surface area contributed by atoms with Gasteiger partial charge in [-0.15, -0.1) is 0 Å². The van der Waals surface area contributed by atoms with Gasteiger partial charge in [-0.05, 0) is 24.6 Å². The van der Waals surface area contributed by atoms with Gasteiger partial charge in [-0.3, -0.25) is 0 Å². The Morgan fingerprint density at radius 2 is 2.00 bits per heavy atom. The number of carboxylic acids is 1. The first-order valence-electron chi connectivity index (χ1n) is 3.71. The van der Waals surface area contributed by atoms with Crippen LogP contribution in [-0.4, -0.2) is 19.5 Å². The zero-order chi connectivity index (χ0) is 11.8. The number of carboxylic acid groups (broad SMARTS) is 1. The van der Waals surface area contributed by atoms with Crippen LogP contribution in [0.1, 0.15) is 15.9 Å². The minimum atomic E-state index is -4.14.